The van der Waals surface area contributed by atoms with Crippen molar-refractivity contribution in [3.05, 3.63) is 77.2 Å². The van der Waals surface area contributed by atoms with E-state index < -0.39 is 0 Å². The average molecular weight is 302 g/mol. The quantitative estimate of drug-likeness (QED) is 0.513. The van der Waals surface area contributed by atoms with E-state index in [0.29, 0.717) is 0 Å². The zero-order valence-electron chi connectivity index (χ0n) is 11.8. The molecular weight excluding hydrogens is 288 g/mol. The van der Waals surface area contributed by atoms with Gasteiger partial charge >= 0.3 is 0 Å². The summed E-state index contributed by atoms with van der Waals surface area (Å²) in [5.74, 6) is 0. The van der Waals surface area contributed by atoms with Gasteiger partial charge in [0.25, 0.3) is 0 Å². The van der Waals surface area contributed by atoms with E-state index in [4.69, 9.17) is 0 Å². The number of hydrogen-bond acceptors (Lipinski definition) is 3. The summed E-state index contributed by atoms with van der Waals surface area (Å²) in [6.07, 6.45) is 0. The molecule has 3 aromatic carbocycles. The van der Waals surface area contributed by atoms with Crippen LogP contribution in [0.3, 0.4) is 0 Å². The first-order chi connectivity index (χ1) is 10.9. The molecule has 0 aliphatic carbocycles. The minimum Gasteiger partial charge on any atom is -0.319 e. The van der Waals surface area contributed by atoms with Crippen LogP contribution in [0.25, 0.3) is 20.9 Å². The summed E-state index contributed by atoms with van der Waals surface area (Å²) in [6.45, 7) is 0. The lowest BCUT2D eigenvalue weighted by atomic mass is 10.0. The maximum absolute atomic E-state index is 3.44. The van der Waals surface area contributed by atoms with E-state index in [2.05, 4.69) is 77.6 Å². The number of rotatable bonds is 1. The summed E-state index contributed by atoms with van der Waals surface area (Å²) in [5, 5.41) is 3.88. The van der Waals surface area contributed by atoms with Crippen LogP contribution in [-0.4, -0.2) is 0 Å². The van der Waals surface area contributed by atoms with Gasteiger partial charge in [-0.05, 0) is 28.5 Å². The first kappa shape index (κ1) is 12.2. The summed E-state index contributed by atoms with van der Waals surface area (Å²) in [5.41, 5.74) is 9.35. The van der Waals surface area contributed by atoms with E-state index >= 15 is 0 Å². The van der Waals surface area contributed by atoms with Gasteiger partial charge in [0, 0.05) is 10.1 Å². The fourth-order valence-corrected chi connectivity index (χ4v) is 4.47. The average Bonchev–Trinajstić information content (AvgIpc) is 3.13. The molecular formula is C19H14N2S. The Morgan fingerprint density at radius 3 is 2.59 bits per heavy atom. The third-order valence-corrected chi connectivity index (χ3v) is 5.57. The van der Waals surface area contributed by atoms with Crippen LogP contribution in [-0.2, 0) is 0 Å². The lowest BCUT2D eigenvalue weighted by Gasteiger charge is -2.11. The molecule has 0 amide bonds. The Morgan fingerprint density at radius 2 is 1.64 bits per heavy atom. The standard InChI is InChI=1S/C19H14N2S/c1-2-6-13-11-14(10-9-12(13)5-1)17-19-18(21-20-17)15-7-3-4-8-16(15)22-19/h1-11,17,20-21H. The Balaban J connectivity index is 1.67. The fourth-order valence-electron chi connectivity index (χ4n) is 3.23. The van der Waals surface area contributed by atoms with Gasteiger partial charge in [0.1, 0.15) is 0 Å². The van der Waals surface area contributed by atoms with E-state index in [1.807, 2.05) is 11.3 Å². The summed E-state index contributed by atoms with van der Waals surface area (Å²) < 4.78 is 1.34. The van der Waals surface area contributed by atoms with Gasteiger partial charge in [0.15, 0.2) is 0 Å². The maximum Gasteiger partial charge on any atom is 0.0874 e. The molecule has 1 aromatic heterocycles. The Kier molecular flexibility index (Phi) is 2.53. The number of hydrogen-bond donors (Lipinski definition) is 2. The molecule has 0 radical (unpaired) electrons. The van der Waals surface area contributed by atoms with Crippen molar-refractivity contribution in [2.24, 2.45) is 0 Å². The third-order valence-electron chi connectivity index (χ3n) is 4.33. The van der Waals surface area contributed by atoms with Gasteiger partial charge < -0.3 is 5.43 Å². The predicted molar refractivity (Wildman–Crippen MR) is 94.4 cm³/mol. The molecule has 0 saturated carbocycles. The Hall–Kier alpha value is -2.36. The molecule has 0 spiro atoms. The first-order valence-electron chi connectivity index (χ1n) is 7.42. The highest BCUT2D eigenvalue weighted by molar-refractivity contribution is 7.20. The summed E-state index contributed by atoms with van der Waals surface area (Å²) >= 11 is 1.87. The van der Waals surface area contributed by atoms with Crippen molar-refractivity contribution in [3.63, 3.8) is 0 Å². The SMILES string of the molecule is c1ccc2cc(C3NNc4c3sc3ccccc43)ccc2c1. The van der Waals surface area contributed by atoms with Crippen LogP contribution in [0.1, 0.15) is 16.5 Å². The van der Waals surface area contributed by atoms with Crippen molar-refractivity contribution >= 4 is 37.9 Å². The highest BCUT2D eigenvalue weighted by Crippen LogP contribution is 2.44. The van der Waals surface area contributed by atoms with Crippen LogP contribution in [0.15, 0.2) is 66.7 Å². The highest BCUT2D eigenvalue weighted by atomic mass is 32.1. The van der Waals surface area contributed by atoms with E-state index in [1.54, 1.807) is 0 Å². The number of nitrogens with one attached hydrogen (secondary N) is 2. The van der Waals surface area contributed by atoms with Crippen LogP contribution in [0.2, 0.25) is 0 Å². The predicted octanol–water partition coefficient (Wildman–Crippen LogP) is 5.07. The maximum atomic E-state index is 3.44. The molecule has 1 aliphatic heterocycles. The third kappa shape index (κ3) is 1.70. The van der Waals surface area contributed by atoms with E-state index in [-0.39, 0.29) is 6.04 Å². The van der Waals surface area contributed by atoms with Gasteiger partial charge in [0.05, 0.1) is 16.6 Å². The smallest absolute Gasteiger partial charge is 0.0874 e. The lowest BCUT2D eigenvalue weighted by Crippen LogP contribution is -2.19. The van der Waals surface area contributed by atoms with E-state index in [9.17, 15) is 0 Å². The molecule has 0 saturated heterocycles. The van der Waals surface area contributed by atoms with Gasteiger partial charge in [-0.3, -0.25) is 0 Å². The van der Waals surface area contributed by atoms with Crippen molar-refractivity contribution in [3.8, 4) is 0 Å². The van der Waals surface area contributed by atoms with Gasteiger partial charge in [-0.25, -0.2) is 5.43 Å². The van der Waals surface area contributed by atoms with Crippen LogP contribution in [0, 0.1) is 0 Å². The molecule has 2 N–H and O–H groups in total. The molecule has 0 bridgehead atoms. The molecule has 3 heteroatoms. The minimum absolute atomic E-state index is 0.219. The fraction of sp³-hybridized carbons (Fsp3) is 0.0526. The van der Waals surface area contributed by atoms with Crippen molar-refractivity contribution in [1.29, 1.82) is 0 Å². The van der Waals surface area contributed by atoms with Gasteiger partial charge in [-0.15, -0.1) is 11.3 Å². The second kappa shape index (κ2) is 4.57. The van der Waals surface area contributed by atoms with E-state index in [0.717, 1.165) is 0 Å². The molecule has 4 aromatic rings. The summed E-state index contributed by atoms with van der Waals surface area (Å²) in [6, 6.07) is 24.0. The van der Waals surface area contributed by atoms with Crippen molar-refractivity contribution in [2.45, 2.75) is 6.04 Å². The highest BCUT2D eigenvalue weighted by Gasteiger charge is 2.27. The second-order valence-electron chi connectivity index (χ2n) is 5.65. The number of fused-ring (bicyclic) bond motifs is 4. The molecule has 22 heavy (non-hydrogen) atoms. The number of thiophene rings is 1. The zero-order valence-corrected chi connectivity index (χ0v) is 12.7. The van der Waals surface area contributed by atoms with E-state index in [1.165, 1.54) is 37.0 Å². The molecule has 1 unspecified atom stereocenters. The van der Waals surface area contributed by atoms with Gasteiger partial charge in [0.2, 0.25) is 0 Å². The van der Waals surface area contributed by atoms with Crippen LogP contribution in [0.4, 0.5) is 5.69 Å². The van der Waals surface area contributed by atoms with Crippen LogP contribution < -0.4 is 10.9 Å². The summed E-state index contributed by atoms with van der Waals surface area (Å²) in [7, 11) is 0. The molecule has 2 nitrogen and oxygen atoms in total. The topological polar surface area (TPSA) is 24.1 Å². The largest absolute Gasteiger partial charge is 0.319 e. The van der Waals surface area contributed by atoms with Crippen molar-refractivity contribution in [1.82, 2.24) is 5.43 Å². The number of anilines is 1. The molecule has 5 rings (SSSR count). The molecule has 2 heterocycles. The van der Waals surface area contributed by atoms with Crippen LogP contribution >= 0.6 is 11.3 Å². The first-order valence-corrected chi connectivity index (χ1v) is 8.23. The summed E-state index contributed by atoms with van der Waals surface area (Å²) in [4.78, 5) is 1.37. The normalized spacial score (nSPS) is 16.8. The monoisotopic (exact) mass is 302 g/mol. The molecule has 1 atom stereocenters. The van der Waals surface area contributed by atoms with Crippen LogP contribution in [0.5, 0.6) is 0 Å². The Bertz CT molecular complexity index is 1000. The molecule has 106 valence electrons. The lowest BCUT2D eigenvalue weighted by molar-refractivity contribution is 0.738. The zero-order chi connectivity index (χ0) is 14.5. The van der Waals surface area contributed by atoms with Crippen molar-refractivity contribution < 1.29 is 0 Å². The van der Waals surface area contributed by atoms with Gasteiger partial charge in [-0.1, -0.05) is 54.6 Å². The Labute approximate surface area is 132 Å². The molecule has 0 fully saturated rings. The van der Waals surface area contributed by atoms with Gasteiger partial charge in [-0.2, -0.15) is 0 Å². The number of benzene rings is 3. The minimum atomic E-state index is 0.219. The second-order valence-corrected chi connectivity index (χ2v) is 6.73. The van der Waals surface area contributed by atoms with Crippen molar-refractivity contribution in [2.75, 3.05) is 5.43 Å². The molecule has 1 aliphatic rings. The number of hydrazine groups is 1. The Morgan fingerprint density at radius 1 is 0.818 bits per heavy atom.